The zero-order valence-electron chi connectivity index (χ0n) is 9.16. The predicted molar refractivity (Wildman–Crippen MR) is 61.6 cm³/mol. The van der Waals surface area contributed by atoms with Gasteiger partial charge in [0.1, 0.15) is 5.78 Å². The molecule has 0 amide bonds. The van der Waals surface area contributed by atoms with Crippen LogP contribution in [0.2, 0.25) is 0 Å². The number of carbonyl (C=O) groups is 1. The number of ketones is 1. The molecule has 1 aliphatic rings. The van der Waals surface area contributed by atoms with E-state index in [2.05, 4.69) is 13.0 Å². The molecule has 2 atom stereocenters. The molecule has 2 nitrogen and oxygen atoms in total. The van der Waals surface area contributed by atoms with Gasteiger partial charge in [-0.05, 0) is 24.5 Å². The van der Waals surface area contributed by atoms with Crippen molar-refractivity contribution in [2.75, 3.05) is 7.11 Å². The number of ether oxygens (including phenoxy) is 1. The summed E-state index contributed by atoms with van der Waals surface area (Å²) in [4.78, 5) is 12.7. The Bertz CT molecular complexity index is 356. The van der Waals surface area contributed by atoms with Crippen LogP contribution in [0.1, 0.15) is 37.0 Å². The number of methoxy groups -OCH3 is 1. The van der Waals surface area contributed by atoms with E-state index >= 15 is 0 Å². The minimum atomic E-state index is 0.408. The van der Waals surface area contributed by atoms with Gasteiger partial charge in [-0.3, -0.25) is 4.79 Å². The zero-order chi connectivity index (χ0) is 10.8. The van der Waals surface area contributed by atoms with Gasteiger partial charge in [0.05, 0.1) is 7.11 Å². The van der Waals surface area contributed by atoms with Crippen molar-refractivity contribution < 1.29 is 9.53 Å². The lowest BCUT2D eigenvalue weighted by Crippen LogP contribution is -2.20. The topological polar surface area (TPSA) is 26.3 Å². The highest BCUT2D eigenvalue weighted by molar-refractivity contribution is 7.13. The van der Waals surface area contributed by atoms with Crippen LogP contribution in [0.25, 0.3) is 0 Å². The lowest BCUT2D eigenvalue weighted by atomic mass is 9.79. The summed E-state index contributed by atoms with van der Waals surface area (Å²) in [5.41, 5.74) is 0. The number of thiophene rings is 1. The Morgan fingerprint density at radius 1 is 1.47 bits per heavy atom. The van der Waals surface area contributed by atoms with Crippen LogP contribution < -0.4 is 4.74 Å². The summed E-state index contributed by atoms with van der Waals surface area (Å²) in [7, 11) is 1.69. The Labute approximate surface area is 94.3 Å². The van der Waals surface area contributed by atoms with Gasteiger partial charge >= 0.3 is 0 Å². The van der Waals surface area contributed by atoms with Crippen LogP contribution in [0.15, 0.2) is 12.1 Å². The van der Waals surface area contributed by atoms with Crippen molar-refractivity contribution in [1.82, 2.24) is 0 Å². The van der Waals surface area contributed by atoms with Crippen LogP contribution in [0, 0.1) is 5.92 Å². The van der Waals surface area contributed by atoms with Crippen molar-refractivity contribution in [2.24, 2.45) is 5.92 Å². The van der Waals surface area contributed by atoms with Crippen molar-refractivity contribution in [3.8, 4) is 5.06 Å². The monoisotopic (exact) mass is 224 g/mol. The molecule has 0 bridgehead atoms. The van der Waals surface area contributed by atoms with Crippen molar-refractivity contribution >= 4 is 17.1 Å². The second-order valence-corrected chi connectivity index (χ2v) is 5.30. The van der Waals surface area contributed by atoms with Gasteiger partial charge in [-0.15, -0.1) is 11.3 Å². The molecule has 2 unspecified atom stereocenters. The molecule has 3 heteroatoms. The molecule has 2 rings (SSSR count). The highest BCUT2D eigenvalue weighted by atomic mass is 32.1. The Morgan fingerprint density at radius 2 is 2.27 bits per heavy atom. The van der Waals surface area contributed by atoms with Gasteiger partial charge in [-0.1, -0.05) is 6.92 Å². The maximum Gasteiger partial charge on any atom is 0.173 e. The van der Waals surface area contributed by atoms with Crippen LogP contribution in [-0.2, 0) is 4.79 Å². The summed E-state index contributed by atoms with van der Waals surface area (Å²) in [6.07, 6.45) is 2.51. The Morgan fingerprint density at radius 3 is 2.93 bits per heavy atom. The highest BCUT2D eigenvalue weighted by Gasteiger charge is 2.28. The van der Waals surface area contributed by atoms with Crippen molar-refractivity contribution in [1.29, 1.82) is 0 Å². The van der Waals surface area contributed by atoms with E-state index < -0.39 is 0 Å². The van der Waals surface area contributed by atoms with Gasteiger partial charge < -0.3 is 4.74 Å². The van der Waals surface area contributed by atoms with E-state index in [0.717, 1.165) is 17.9 Å². The molecular weight excluding hydrogens is 208 g/mol. The van der Waals surface area contributed by atoms with Crippen LogP contribution >= 0.6 is 11.3 Å². The van der Waals surface area contributed by atoms with Gasteiger partial charge in [0.2, 0.25) is 0 Å². The summed E-state index contributed by atoms with van der Waals surface area (Å²) in [6.45, 7) is 2.24. The standard InChI is InChI=1S/C12H16O2S/c1-8-3-4-9(13)7-10(8)11-5-6-12(14-2)15-11/h5-6,8,10H,3-4,7H2,1-2H3. The Balaban J connectivity index is 2.17. The van der Waals surface area contributed by atoms with Gasteiger partial charge in [-0.25, -0.2) is 0 Å². The van der Waals surface area contributed by atoms with Gasteiger partial charge in [0.25, 0.3) is 0 Å². The molecule has 1 saturated carbocycles. The van der Waals surface area contributed by atoms with E-state index in [9.17, 15) is 4.79 Å². The largest absolute Gasteiger partial charge is 0.487 e. The van der Waals surface area contributed by atoms with E-state index in [1.165, 1.54) is 4.88 Å². The molecule has 1 heterocycles. The summed E-state index contributed by atoms with van der Waals surface area (Å²) >= 11 is 1.67. The molecular formula is C12H16O2S. The molecule has 0 spiro atoms. The van der Waals surface area contributed by atoms with Crippen LogP contribution in [0.3, 0.4) is 0 Å². The lowest BCUT2D eigenvalue weighted by molar-refractivity contribution is -0.121. The van der Waals surface area contributed by atoms with Crippen molar-refractivity contribution in [3.63, 3.8) is 0 Å². The number of rotatable bonds is 2. The third-order valence-corrected chi connectivity index (χ3v) is 4.36. The molecule has 1 aromatic heterocycles. The fourth-order valence-corrected chi connectivity index (χ4v) is 3.22. The third kappa shape index (κ3) is 2.23. The number of Topliss-reactive ketones (excluding diaryl/α,β-unsaturated/α-hetero) is 1. The van der Waals surface area contributed by atoms with E-state index in [0.29, 0.717) is 24.0 Å². The Kier molecular flexibility index (Phi) is 3.10. The Hall–Kier alpha value is -0.830. The van der Waals surface area contributed by atoms with E-state index in [4.69, 9.17) is 4.74 Å². The first-order valence-electron chi connectivity index (χ1n) is 5.36. The smallest absolute Gasteiger partial charge is 0.173 e. The normalized spacial score (nSPS) is 26.7. The molecule has 0 saturated heterocycles. The number of hydrogen-bond donors (Lipinski definition) is 0. The summed E-state index contributed by atoms with van der Waals surface area (Å²) < 4.78 is 5.18. The third-order valence-electron chi connectivity index (χ3n) is 3.18. The first-order chi connectivity index (χ1) is 7.20. The van der Waals surface area contributed by atoms with Crippen LogP contribution in [0.4, 0.5) is 0 Å². The van der Waals surface area contributed by atoms with Gasteiger partial charge in [-0.2, -0.15) is 0 Å². The molecule has 15 heavy (non-hydrogen) atoms. The van der Waals surface area contributed by atoms with Crippen LogP contribution in [-0.4, -0.2) is 12.9 Å². The first kappa shape index (κ1) is 10.7. The molecule has 1 aliphatic carbocycles. The fourth-order valence-electron chi connectivity index (χ4n) is 2.16. The van der Waals surface area contributed by atoms with E-state index in [-0.39, 0.29) is 0 Å². The molecule has 0 N–H and O–H groups in total. The second-order valence-electron chi connectivity index (χ2n) is 4.23. The maximum absolute atomic E-state index is 11.4. The van der Waals surface area contributed by atoms with Gasteiger partial charge in [0, 0.05) is 23.6 Å². The van der Waals surface area contributed by atoms with E-state index in [1.807, 2.05) is 6.07 Å². The number of carbonyl (C=O) groups excluding carboxylic acids is 1. The average molecular weight is 224 g/mol. The molecule has 1 fully saturated rings. The summed E-state index contributed by atoms with van der Waals surface area (Å²) in [6, 6.07) is 4.09. The predicted octanol–water partition coefficient (Wildman–Crippen LogP) is 3.23. The lowest BCUT2D eigenvalue weighted by Gasteiger charge is -2.26. The van der Waals surface area contributed by atoms with E-state index in [1.54, 1.807) is 18.4 Å². The van der Waals surface area contributed by atoms with Crippen LogP contribution in [0.5, 0.6) is 5.06 Å². The summed E-state index contributed by atoms with van der Waals surface area (Å²) in [5.74, 6) is 1.44. The van der Waals surface area contributed by atoms with Crippen molar-refractivity contribution in [3.05, 3.63) is 17.0 Å². The van der Waals surface area contributed by atoms with Crippen molar-refractivity contribution in [2.45, 2.75) is 32.1 Å². The average Bonchev–Trinajstić information content (AvgIpc) is 2.70. The maximum atomic E-state index is 11.4. The van der Waals surface area contributed by atoms with Gasteiger partial charge in [0.15, 0.2) is 5.06 Å². The molecule has 0 aliphatic heterocycles. The fraction of sp³-hybridized carbons (Fsp3) is 0.583. The molecule has 1 aromatic rings. The minimum Gasteiger partial charge on any atom is -0.487 e. The summed E-state index contributed by atoms with van der Waals surface area (Å²) in [5, 5.41) is 0.940. The minimum absolute atomic E-state index is 0.408. The second kappa shape index (κ2) is 4.35. The molecule has 82 valence electrons. The zero-order valence-corrected chi connectivity index (χ0v) is 9.97. The molecule has 0 radical (unpaired) electrons. The number of hydrogen-bond acceptors (Lipinski definition) is 3. The quantitative estimate of drug-likeness (QED) is 0.771. The first-order valence-corrected chi connectivity index (χ1v) is 6.17. The highest BCUT2D eigenvalue weighted by Crippen LogP contribution is 2.40. The molecule has 0 aromatic carbocycles. The SMILES string of the molecule is COc1ccc(C2CC(=O)CCC2C)s1.